The number of ketones is 1. The van der Waals surface area contributed by atoms with E-state index in [1.807, 2.05) is 6.07 Å². The number of carbonyl (C=O) groups is 2. The maximum atomic E-state index is 13.2. The monoisotopic (exact) mass is 484 g/mol. The minimum Gasteiger partial charge on any atom is -0.654 e. The molecule has 10 heteroatoms. The van der Waals surface area contributed by atoms with Crippen LogP contribution in [0.1, 0.15) is 23.1 Å². The topological polar surface area (TPSA) is 122 Å². The van der Waals surface area contributed by atoms with Crippen molar-refractivity contribution in [3.63, 3.8) is 0 Å². The number of fused-ring (bicyclic) bond motifs is 2. The number of carbonyl (C=O) groups excluding carboxylic acids is 2. The largest absolute Gasteiger partial charge is 1.00 e. The Balaban J connectivity index is 0.00000274. The van der Waals surface area contributed by atoms with E-state index in [9.17, 15) is 14.7 Å². The number of hydrogen-bond acceptors (Lipinski definition) is 8. The Morgan fingerprint density at radius 1 is 1.15 bits per heavy atom. The van der Waals surface area contributed by atoms with Crippen molar-refractivity contribution < 1.29 is 84.7 Å². The van der Waals surface area contributed by atoms with E-state index in [-0.39, 0.29) is 87.6 Å². The van der Waals surface area contributed by atoms with Crippen LogP contribution in [-0.4, -0.2) is 35.2 Å². The quantitative estimate of drug-likeness (QED) is 0.105. The molecule has 2 aromatic carbocycles. The molecule has 0 saturated heterocycles. The number of esters is 1. The molecule has 2 aromatic heterocycles. The molecule has 34 heavy (non-hydrogen) atoms. The van der Waals surface area contributed by atoms with Gasteiger partial charge in [0.1, 0.15) is 11.3 Å². The van der Waals surface area contributed by atoms with E-state index >= 15 is 0 Å². The number of aromatic nitrogens is 2. The summed E-state index contributed by atoms with van der Waals surface area (Å²) in [4.78, 5) is 34.4. The van der Waals surface area contributed by atoms with E-state index in [1.165, 1.54) is 0 Å². The predicted octanol–water partition coefficient (Wildman–Crippen LogP) is 0.720. The minimum atomic E-state index is -0.868. The van der Waals surface area contributed by atoms with Crippen LogP contribution in [0, 0.1) is 0 Å². The number of benzene rings is 2. The Hall–Kier alpha value is -2.89. The van der Waals surface area contributed by atoms with Crippen molar-refractivity contribution in [3.05, 3.63) is 65.5 Å². The van der Waals surface area contributed by atoms with Crippen molar-refractivity contribution in [1.82, 2.24) is 9.97 Å². The molecule has 0 atom stereocenters. The summed E-state index contributed by atoms with van der Waals surface area (Å²) in [7, 11) is 0. The zero-order chi connectivity index (χ0) is 22.9. The summed E-state index contributed by atoms with van der Waals surface area (Å²) in [5.41, 5.74) is 0.739. The number of nitrogens with zero attached hydrogens (tertiary/aromatic N) is 2. The molecule has 5 rings (SSSR count). The number of ether oxygens (including phenoxy) is 3. The van der Waals surface area contributed by atoms with Gasteiger partial charge < -0.3 is 28.7 Å². The summed E-state index contributed by atoms with van der Waals surface area (Å²) in [5, 5.41) is 10.9. The molecule has 0 fully saturated rings. The van der Waals surface area contributed by atoms with Crippen LogP contribution >= 0.6 is 0 Å². The summed E-state index contributed by atoms with van der Waals surface area (Å²) in [6, 6.07) is 13.8. The van der Waals surface area contributed by atoms with E-state index in [2.05, 4.69) is 9.97 Å². The zero-order valence-corrected chi connectivity index (χ0v) is 21.5. The van der Waals surface area contributed by atoms with Gasteiger partial charge >= 0.3 is 63.3 Å². The zero-order valence-electron chi connectivity index (χ0n) is 18.4. The molecule has 1 aliphatic rings. The SMILES string of the molecule is CCOC(=O)/C(=C\c1nc(-c2ccccc2)oc1O)C(=O)c1cc2cc3c(cc2[n-]1)OCO3.[K+]. The molecule has 4 aromatic rings. The van der Waals surface area contributed by atoms with Crippen molar-refractivity contribution >= 4 is 28.7 Å². The Kier molecular flexibility index (Phi) is 7.24. The fourth-order valence-electron chi connectivity index (χ4n) is 3.41. The molecule has 0 radical (unpaired) electrons. The van der Waals surface area contributed by atoms with Gasteiger partial charge in [0.2, 0.25) is 12.7 Å². The minimum absolute atomic E-state index is 0. The average Bonchev–Trinajstić information content (AvgIpc) is 3.54. The molecule has 166 valence electrons. The third-order valence-corrected chi connectivity index (χ3v) is 4.96. The number of hydrogen-bond donors (Lipinski definition) is 1. The van der Waals surface area contributed by atoms with Crippen LogP contribution < -0.4 is 65.8 Å². The van der Waals surface area contributed by atoms with Crippen molar-refractivity contribution in [2.75, 3.05) is 13.4 Å². The van der Waals surface area contributed by atoms with E-state index in [0.717, 1.165) is 6.08 Å². The van der Waals surface area contributed by atoms with Crippen LogP contribution in [0.4, 0.5) is 0 Å². The Labute approximate surface area is 236 Å². The second-order valence-corrected chi connectivity index (χ2v) is 7.09. The molecule has 3 heterocycles. The van der Waals surface area contributed by atoms with Crippen LogP contribution in [0.25, 0.3) is 28.4 Å². The Morgan fingerprint density at radius 3 is 2.62 bits per heavy atom. The van der Waals surface area contributed by atoms with Crippen LogP contribution in [0.5, 0.6) is 17.4 Å². The maximum absolute atomic E-state index is 13.2. The van der Waals surface area contributed by atoms with Crippen LogP contribution in [0.2, 0.25) is 0 Å². The molecule has 1 N–H and O–H groups in total. The first-order valence-electron chi connectivity index (χ1n) is 10.1. The molecule has 0 bridgehead atoms. The third kappa shape index (κ3) is 4.68. The molecular formula is C24H17KN2O7. The molecule has 0 spiro atoms. The third-order valence-electron chi connectivity index (χ3n) is 4.96. The molecule has 0 saturated carbocycles. The molecule has 0 unspecified atom stereocenters. The van der Waals surface area contributed by atoms with Gasteiger partial charge in [0.25, 0.3) is 0 Å². The van der Waals surface area contributed by atoms with Gasteiger partial charge in [0.15, 0.2) is 17.3 Å². The summed E-state index contributed by atoms with van der Waals surface area (Å²) in [6.45, 7) is 1.80. The first kappa shape index (κ1) is 24.2. The smallest absolute Gasteiger partial charge is 0.654 e. The van der Waals surface area contributed by atoms with Gasteiger partial charge in [-0.05, 0) is 42.7 Å². The second-order valence-electron chi connectivity index (χ2n) is 7.09. The summed E-state index contributed by atoms with van der Waals surface area (Å²) in [5.74, 6) is -0.864. The molecule has 1 aliphatic heterocycles. The van der Waals surface area contributed by atoms with Gasteiger partial charge in [-0.2, -0.15) is 0 Å². The number of oxazole rings is 1. The van der Waals surface area contributed by atoms with Gasteiger partial charge in [-0.3, -0.25) is 4.79 Å². The fourth-order valence-corrected chi connectivity index (χ4v) is 3.41. The normalized spacial score (nSPS) is 12.4. The first-order valence-corrected chi connectivity index (χ1v) is 10.1. The molecule has 0 aliphatic carbocycles. The predicted molar refractivity (Wildman–Crippen MR) is 116 cm³/mol. The summed E-state index contributed by atoms with van der Waals surface area (Å²) >= 11 is 0. The van der Waals surface area contributed by atoms with Crippen molar-refractivity contribution in [2.45, 2.75) is 6.92 Å². The molecule has 9 nitrogen and oxygen atoms in total. The van der Waals surface area contributed by atoms with E-state index in [0.29, 0.717) is 28.0 Å². The van der Waals surface area contributed by atoms with E-state index in [1.54, 1.807) is 49.4 Å². The Bertz CT molecular complexity index is 1360. The molecular weight excluding hydrogens is 467 g/mol. The van der Waals surface area contributed by atoms with Gasteiger partial charge in [0.05, 0.1) is 6.61 Å². The van der Waals surface area contributed by atoms with Gasteiger partial charge in [0, 0.05) is 5.56 Å². The van der Waals surface area contributed by atoms with E-state index in [4.69, 9.17) is 18.6 Å². The average molecular weight is 485 g/mol. The number of Topliss-reactive ketones (excluding diaryl/α,β-unsaturated/α-hetero) is 1. The van der Waals surface area contributed by atoms with Gasteiger partial charge in [-0.1, -0.05) is 30.0 Å². The Morgan fingerprint density at radius 2 is 1.88 bits per heavy atom. The second kappa shape index (κ2) is 10.2. The standard InChI is InChI=1S/C24H18N2O7.K/c1-2-30-23(28)15(10-18-24(29)33-22(26-18)13-6-4-3-5-7-13)21(27)17-8-14-9-19-20(32-12-31-19)11-16(14)25-17;/h3-11H,2,12H2,1H3,(H2,25,27,28,29);/q;+1/p-1. The van der Waals surface area contributed by atoms with E-state index < -0.39 is 17.7 Å². The summed E-state index contributed by atoms with van der Waals surface area (Å²) in [6.07, 6.45) is 1.14. The maximum Gasteiger partial charge on any atom is 1.00 e. The number of rotatable bonds is 6. The van der Waals surface area contributed by atoms with Crippen molar-refractivity contribution in [2.24, 2.45) is 0 Å². The molecule has 0 amide bonds. The van der Waals surface area contributed by atoms with Crippen molar-refractivity contribution in [1.29, 1.82) is 0 Å². The van der Waals surface area contributed by atoms with Crippen molar-refractivity contribution in [3.8, 4) is 28.9 Å². The van der Waals surface area contributed by atoms with Gasteiger partial charge in [-0.25, -0.2) is 9.78 Å². The van der Waals surface area contributed by atoms with Crippen LogP contribution in [-0.2, 0) is 9.53 Å². The number of aromatic hydroxyl groups is 1. The van der Waals surface area contributed by atoms with Crippen LogP contribution in [0.15, 0.2) is 58.5 Å². The summed E-state index contributed by atoms with van der Waals surface area (Å²) < 4.78 is 21.1. The van der Waals surface area contributed by atoms with Crippen LogP contribution in [0.3, 0.4) is 0 Å². The fraction of sp³-hybridized carbons (Fsp3) is 0.125. The first-order chi connectivity index (χ1) is 16.0. The van der Waals surface area contributed by atoms with Gasteiger partial charge in [-0.15, -0.1) is 5.52 Å².